The fourth-order valence-corrected chi connectivity index (χ4v) is 2.58. The zero-order valence-electron chi connectivity index (χ0n) is 14.2. The molecular weight excluding hydrogens is 316 g/mol. The number of carboxylic acids is 1. The van der Waals surface area contributed by atoms with E-state index in [1.54, 1.807) is 24.3 Å². The molecule has 25 heavy (non-hydrogen) atoms. The van der Waals surface area contributed by atoms with Gasteiger partial charge in [0.25, 0.3) is 5.91 Å². The second kappa shape index (κ2) is 7.38. The molecule has 1 saturated carbocycles. The maximum Gasteiger partial charge on any atom is 0.335 e. The van der Waals surface area contributed by atoms with Gasteiger partial charge in [-0.3, -0.25) is 4.79 Å². The van der Waals surface area contributed by atoms with Crippen LogP contribution in [0.3, 0.4) is 0 Å². The van der Waals surface area contributed by atoms with Crippen LogP contribution < -0.4 is 10.6 Å². The second-order valence-electron chi connectivity index (χ2n) is 6.54. The molecule has 2 aromatic rings. The molecule has 0 heterocycles. The number of carbonyl (C=O) groups is 2. The van der Waals surface area contributed by atoms with Gasteiger partial charge in [0, 0.05) is 24.3 Å². The van der Waals surface area contributed by atoms with Crippen LogP contribution in [0.15, 0.2) is 42.5 Å². The first-order chi connectivity index (χ1) is 12.0. The Labute approximate surface area is 147 Å². The molecule has 5 nitrogen and oxygen atoms in total. The Bertz CT molecular complexity index is 780. The molecule has 0 bridgehead atoms. The molecule has 0 spiro atoms. The molecule has 2 aromatic carbocycles. The molecule has 3 N–H and O–H groups in total. The van der Waals surface area contributed by atoms with Crippen LogP contribution in [-0.2, 0) is 6.54 Å². The number of nitrogens with one attached hydrogen (secondary N) is 2. The van der Waals surface area contributed by atoms with Crippen molar-refractivity contribution in [1.82, 2.24) is 5.32 Å². The van der Waals surface area contributed by atoms with Gasteiger partial charge < -0.3 is 15.7 Å². The van der Waals surface area contributed by atoms with Crippen LogP contribution >= 0.6 is 0 Å². The van der Waals surface area contributed by atoms with Gasteiger partial charge in [0.15, 0.2) is 0 Å². The predicted molar refractivity (Wildman–Crippen MR) is 97.0 cm³/mol. The third-order valence-electron chi connectivity index (χ3n) is 4.43. The lowest BCUT2D eigenvalue weighted by Gasteiger charge is -2.12. The Morgan fingerprint density at radius 3 is 2.40 bits per heavy atom. The third kappa shape index (κ3) is 4.59. The first kappa shape index (κ1) is 17.0. The molecule has 1 fully saturated rings. The van der Waals surface area contributed by atoms with Crippen molar-refractivity contribution in [2.75, 3.05) is 11.9 Å². The summed E-state index contributed by atoms with van der Waals surface area (Å²) in [5.41, 5.74) is 3.86. The molecule has 5 heteroatoms. The number of benzene rings is 2. The lowest BCUT2D eigenvalue weighted by molar-refractivity contribution is 0.0696. The molecule has 3 rings (SSSR count). The fraction of sp³-hybridized carbons (Fsp3) is 0.300. The van der Waals surface area contributed by atoms with Gasteiger partial charge in [0.2, 0.25) is 0 Å². The first-order valence-electron chi connectivity index (χ1n) is 8.48. The molecule has 0 atom stereocenters. The van der Waals surface area contributed by atoms with E-state index in [0.29, 0.717) is 18.0 Å². The zero-order valence-corrected chi connectivity index (χ0v) is 14.2. The normalized spacial score (nSPS) is 13.3. The summed E-state index contributed by atoms with van der Waals surface area (Å²) in [6.45, 7) is 3.31. The number of hydrogen-bond donors (Lipinski definition) is 3. The molecule has 0 saturated heterocycles. The highest BCUT2D eigenvalue weighted by Crippen LogP contribution is 2.27. The van der Waals surface area contributed by atoms with Crippen LogP contribution in [0.2, 0.25) is 0 Å². The van der Waals surface area contributed by atoms with Crippen LogP contribution in [0.4, 0.5) is 5.69 Å². The average Bonchev–Trinajstić information content (AvgIpc) is 3.43. The minimum atomic E-state index is -0.930. The summed E-state index contributed by atoms with van der Waals surface area (Å²) < 4.78 is 0. The summed E-state index contributed by atoms with van der Waals surface area (Å²) in [6.07, 6.45) is 2.42. The number of carboxylic acid groups (broad SMARTS) is 1. The highest BCUT2D eigenvalue weighted by molar-refractivity contribution is 5.95. The van der Waals surface area contributed by atoms with Crippen molar-refractivity contribution >= 4 is 17.6 Å². The zero-order chi connectivity index (χ0) is 17.8. The monoisotopic (exact) mass is 338 g/mol. The van der Waals surface area contributed by atoms with E-state index in [-0.39, 0.29) is 11.5 Å². The molecular formula is C20H22N2O3. The summed E-state index contributed by atoms with van der Waals surface area (Å²) in [7, 11) is 0. The highest BCUT2D eigenvalue weighted by atomic mass is 16.4. The Balaban J connectivity index is 1.63. The summed E-state index contributed by atoms with van der Waals surface area (Å²) in [5, 5.41) is 15.2. The quantitative estimate of drug-likeness (QED) is 0.722. The molecule has 1 aliphatic carbocycles. The lowest BCUT2D eigenvalue weighted by atomic mass is 10.1. The molecule has 1 aliphatic rings. The lowest BCUT2D eigenvalue weighted by Crippen LogP contribution is -2.25. The van der Waals surface area contributed by atoms with E-state index in [2.05, 4.69) is 10.6 Å². The van der Waals surface area contributed by atoms with Crippen LogP contribution in [0.25, 0.3) is 0 Å². The standard InChI is InChI=1S/C20H22N2O3/c1-13-2-7-17(19(23)22-12-14-3-4-14)10-18(13)21-11-15-5-8-16(9-6-15)20(24)25/h2,5-10,14,21H,3-4,11-12H2,1H3,(H,22,23)(H,24,25). The van der Waals surface area contributed by atoms with Crippen molar-refractivity contribution in [3.05, 3.63) is 64.7 Å². The van der Waals surface area contributed by atoms with Crippen molar-refractivity contribution in [2.45, 2.75) is 26.3 Å². The van der Waals surface area contributed by atoms with Crippen LogP contribution in [-0.4, -0.2) is 23.5 Å². The van der Waals surface area contributed by atoms with E-state index in [0.717, 1.165) is 23.4 Å². The van der Waals surface area contributed by atoms with E-state index >= 15 is 0 Å². The van der Waals surface area contributed by atoms with Gasteiger partial charge in [-0.15, -0.1) is 0 Å². The number of aromatic carboxylic acids is 1. The van der Waals surface area contributed by atoms with Gasteiger partial charge in [0.05, 0.1) is 5.56 Å². The highest BCUT2D eigenvalue weighted by Gasteiger charge is 2.21. The second-order valence-corrected chi connectivity index (χ2v) is 6.54. The van der Waals surface area contributed by atoms with E-state index in [1.807, 2.05) is 25.1 Å². The first-order valence-corrected chi connectivity index (χ1v) is 8.48. The number of aryl methyl sites for hydroxylation is 1. The van der Waals surface area contributed by atoms with E-state index in [9.17, 15) is 9.59 Å². The van der Waals surface area contributed by atoms with Crippen LogP contribution in [0.1, 0.15) is 44.7 Å². The Kier molecular flexibility index (Phi) is 5.03. The maximum atomic E-state index is 12.2. The molecule has 0 radical (unpaired) electrons. The number of rotatable bonds is 7. The van der Waals surface area contributed by atoms with E-state index in [1.165, 1.54) is 12.8 Å². The minimum Gasteiger partial charge on any atom is -0.478 e. The summed E-state index contributed by atoms with van der Waals surface area (Å²) in [6, 6.07) is 12.4. The topological polar surface area (TPSA) is 78.4 Å². The number of carbonyl (C=O) groups excluding carboxylic acids is 1. The molecule has 0 aromatic heterocycles. The van der Waals surface area contributed by atoms with Gasteiger partial charge in [-0.05, 0) is 61.1 Å². The minimum absolute atomic E-state index is 0.0410. The SMILES string of the molecule is Cc1ccc(C(=O)NCC2CC2)cc1NCc1ccc(C(=O)O)cc1. The van der Waals surface area contributed by atoms with Gasteiger partial charge in [-0.25, -0.2) is 4.79 Å². The van der Waals surface area contributed by atoms with Gasteiger partial charge in [0.1, 0.15) is 0 Å². The molecule has 0 unspecified atom stereocenters. The maximum absolute atomic E-state index is 12.2. The van der Waals surface area contributed by atoms with Crippen molar-refractivity contribution < 1.29 is 14.7 Å². The number of amides is 1. The van der Waals surface area contributed by atoms with Crippen molar-refractivity contribution in [3.63, 3.8) is 0 Å². The molecule has 130 valence electrons. The van der Waals surface area contributed by atoms with Crippen LogP contribution in [0, 0.1) is 12.8 Å². The Morgan fingerprint density at radius 2 is 1.76 bits per heavy atom. The van der Waals surface area contributed by atoms with Gasteiger partial charge >= 0.3 is 5.97 Å². The molecule has 1 amide bonds. The predicted octanol–water partition coefficient (Wildman–Crippen LogP) is 3.45. The van der Waals surface area contributed by atoms with E-state index < -0.39 is 5.97 Å². The summed E-state index contributed by atoms with van der Waals surface area (Å²) in [4.78, 5) is 23.1. The average molecular weight is 338 g/mol. The number of hydrogen-bond acceptors (Lipinski definition) is 3. The number of anilines is 1. The third-order valence-corrected chi connectivity index (χ3v) is 4.43. The van der Waals surface area contributed by atoms with Crippen LogP contribution in [0.5, 0.6) is 0 Å². The molecule has 0 aliphatic heterocycles. The largest absolute Gasteiger partial charge is 0.478 e. The van der Waals surface area contributed by atoms with Crippen molar-refractivity contribution in [1.29, 1.82) is 0 Å². The van der Waals surface area contributed by atoms with E-state index in [4.69, 9.17) is 5.11 Å². The van der Waals surface area contributed by atoms with Crippen molar-refractivity contribution in [2.24, 2.45) is 5.92 Å². The summed E-state index contributed by atoms with van der Waals surface area (Å²) in [5.74, 6) is -0.318. The Hall–Kier alpha value is -2.82. The van der Waals surface area contributed by atoms with Gasteiger partial charge in [-0.1, -0.05) is 18.2 Å². The summed E-state index contributed by atoms with van der Waals surface area (Å²) >= 11 is 0. The smallest absolute Gasteiger partial charge is 0.335 e. The fourth-order valence-electron chi connectivity index (χ4n) is 2.58. The van der Waals surface area contributed by atoms with Gasteiger partial charge in [-0.2, -0.15) is 0 Å². The van der Waals surface area contributed by atoms with Crippen molar-refractivity contribution in [3.8, 4) is 0 Å². The Morgan fingerprint density at radius 1 is 1.08 bits per heavy atom.